The minimum absolute atomic E-state index is 0.249. The molecular formula is C18H13BrFN3O. The Morgan fingerprint density at radius 1 is 0.958 bits per heavy atom. The molecule has 4 nitrogen and oxygen atoms in total. The van der Waals surface area contributed by atoms with E-state index >= 15 is 0 Å². The van der Waals surface area contributed by atoms with Crippen LogP contribution < -0.4 is 10.6 Å². The lowest BCUT2D eigenvalue weighted by atomic mass is 10.2. The van der Waals surface area contributed by atoms with Gasteiger partial charge in [0.05, 0.1) is 11.9 Å². The second-order valence-corrected chi connectivity index (χ2v) is 5.95. The van der Waals surface area contributed by atoms with Crippen molar-refractivity contribution in [2.45, 2.75) is 0 Å². The Kier molecular flexibility index (Phi) is 4.86. The second kappa shape index (κ2) is 7.23. The van der Waals surface area contributed by atoms with Gasteiger partial charge in [-0.2, -0.15) is 0 Å². The first kappa shape index (κ1) is 16.1. The minimum atomic E-state index is -0.408. The Balaban J connectivity index is 1.68. The van der Waals surface area contributed by atoms with Crippen LogP contribution in [0.15, 0.2) is 71.3 Å². The molecule has 6 heteroatoms. The van der Waals surface area contributed by atoms with E-state index in [0.29, 0.717) is 5.69 Å². The van der Waals surface area contributed by atoms with Gasteiger partial charge in [-0.1, -0.05) is 28.1 Å². The van der Waals surface area contributed by atoms with Gasteiger partial charge in [-0.05, 0) is 48.5 Å². The number of aromatic nitrogens is 1. The highest BCUT2D eigenvalue weighted by Crippen LogP contribution is 2.20. The molecule has 0 aliphatic rings. The molecule has 24 heavy (non-hydrogen) atoms. The average molecular weight is 386 g/mol. The van der Waals surface area contributed by atoms with Crippen LogP contribution in [-0.2, 0) is 0 Å². The van der Waals surface area contributed by atoms with Crippen LogP contribution >= 0.6 is 15.9 Å². The molecule has 0 atom stereocenters. The highest BCUT2D eigenvalue weighted by molar-refractivity contribution is 9.10. The van der Waals surface area contributed by atoms with Gasteiger partial charge in [-0.25, -0.2) is 9.37 Å². The molecule has 0 aliphatic carbocycles. The van der Waals surface area contributed by atoms with Crippen molar-refractivity contribution in [1.82, 2.24) is 4.98 Å². The molecule has 0 radical (unpaired) electrons. The third-order valence-electron chi connectivity index (χ3n) is 3.19. The first-order valence-corrected chi connectivity index (χ1v) is 7.95. The SMILES string of the molecule is O=C(Nc1cccc(F)c1)c1ccc(Nc2cccc(Br)c2)cn1. The number of nitrogens with zero attached hydrogens (tertiary/aromatic N) is 1. The summed E-state index contributed by atoms with van der Waals surface area (Å²) in [5.41, 5.74) is 2.30. The number of benzene rings is 2. The lowest BCUT2D eigenvalue weighted by molar-refractivity contribution is 0.102. The lowest BCUT2D eigenvalue weighted by Gasteiger charge is -2.08. The van der Waals surface area contributed by atoms with E-state index < -0.39 is 11.7 Å². The standard InChI is InChI=1S/C18H13BrFN3O/c19-12-3-1-5-14(9-12)22-16-7-8-17(21-11-16)18(24)23-15-6-2-4-13(20)10-15/h1-11,22H,(H,23,24). The zero-order valence-corrected chi connectivity index (χ0v) is 14.0. The fraction of sp³-hybridized carbons (Fsp3) is 0. The Hall–Kier alpha value is -2.73. The summed E-state index contributed by atoms with van der Waals surface area (Å²) in [6.45, 7) is 0. The van der Waals surface area contributed by atoms with Crippen molar-refractivity contribution >= 4 is 38.9 Å². The van der Waals surface area contributed by atoms with Gasteiger partial charge in [0.1, 0.15) is 11.5 Å². The molecule has 0 bridgehead atoms. The predicted octanol–water partition coefficient (Wildman–Crippen LogP) is 4.98. The van der Waals surface area contributed by atoms with Crippen LogP contribution in [0.25, 0.3) is 0 Å². The summed E-state index contributed by atoms with van der Waals surface area (Å²) in [5, 5.41) is 5.80. The number of hydrogen-bond acceptors (Lipinski definition) is 3. The number of carbonyl (C=O) groups excluding carboxylic acids is 1. The maximum atomic E-state index is 13.1. The van der Waals surface area contributed by atoms with Crippen LogP contribution in [0.2, 0.25) is 0 Å². The first-order valence-electron chi connectivity index (χ1n) is 7.16. The van der Waals surface area contributed by atoms with E-state index in [1.54, 1.807) is 24.4 Å². The van der Waals surface area contributed by atoms with Crippen molar-refractivity contribution < 1.29 is 9.18 Å². The molecule has 1 heterocycles. The number of anilines is 3. The van der Waals surface area contributed by atoms with Crippen molar-refractivity contribution in [2.75, 3.05) is 10.6 Å². The Bertz CT molecular complexity index is 868. The summed E-state index contributed by atoms with van der Waals surface area (Å²) in [5.74, 6) is -0.802. The van der Waals surface area contributed by atoms with Gasteiger partial charge in [-0.3, -0.25) is 4.79 Å². The normalized spacial score (nSPS) is 10.2. The largest absolute Gasteiger partial charge is 0.354 e. The number of nitrogens with one attached hydrogen (secondary N) is 2. The number of carbonyl (C=O) groups is 1. The molecule has 0 saturated heterocycles. The van der Waals surface area contributed by atoms with Crippen molar-refractivity contribution in [1.29, 1.82) is 0 Å². The maximum absolute atomic E-state index is 13.1. The third-order valence-corrected chi connectivity index (χ3v) is 3.69. The van der Waals surface area contributed by atoms with Gasteiger partial charge in [-0.15, -0.1) is 0 Å². The molecule has 0 fully saturated rings. The van der Waals surface area contributed by atoms with E-state index in [9.17, 15) is 9.18 Å². The minimum Gasteiger partial charge on any atom is -0.354 e. The van der Waals surface area contributed by atoms with E-state index in [1.807, 2.05) is 24.3 Å². The van der Waals surface area contributed by atoms with Gasteiger partial charge in [0, 0.05) is 15.8 Å². The predicted molar refractivity (Wildman–Crippen MR) is 96.0 cm³/mol. The smallest absolute Gasteiger partial charge is 0.274 e. The van der Waals surface area contributed by atoms with Gasteiger partial charge in [0.2, 0.25) is 0 Å². The zero-order chi connectivity index (χ0) is 16.9. The van der Waals surface area contributed by atoms with Gasteiger partial charge < -0.3 is 10.6 Å². The molecule has 0 aliphatic heterocycles. The number of halogens is 2. The fourth-order valence-corrected chi connectivity index (χ4v) is 2.50. The summed E-state index contributed by atoms with van der Waals surface area (Å²) < 4.78 is 14.1. The maximum Gasteiger partial charge on any atom is 0.274 e. The summed E-state index contributed by atoms with van der Waals surface area (Å²) in [4.78, 5) is 16.3. The van der Waals surface area contributed by atoms with Crippen molar-refractivity contribution in [2.24, 2.45) is 0 Å². The Labute approximate surface area is 146 Å². The number of amides is 1. The van der Waals surface area contributed by atoms with Crippen LogP contribution in [0, 0.1) is 5.82 Å². The third kappa shape index (κ3) is 4.17. The fourth-order valence-electron chi connectivity index (χ4n) is 2.10. The van der Waals surface area contributed by atoms with E-state index in [0.717, 1.165) is 15.8 Å². The number of hydrogen-bond donors (Lipinski definition) is 2. The van der Waals surface area contributed by atoms with Crippen molar-refractivity contribution in [3.63, 3.8) is 0 Å². The van der Waals surface area contributed by atoms with E-state index in [4.69, 9.17) is 0 Å². The highest BCUT2D eigenvalue weighted by Gasteiger charge is 2.08. The molecule has 1 aromatic heterocycles. The summed E-state index contributed by atoms with van der Waals surface area (Å²) in [7, 11) is 0. The molecule has 0 saturated carbocycles. The molecule has 2 aromatic carbocycles. The molecular weight excluding hydrogens is 373 g/mol. The second-order valence-electron chi connectivity index (χ2n) is 5.03. The summed E-state index contributed by atoms with van der Waals surface area (Å²) in [6, 6.07) is 16.8. The Morgan fingerprint density at radius 3 is 2.46 bits per heavy atom. The topological polar surface area (TPSA) is 54.0 Å². The van der Waals surface area contributed by atoms with Gasteiger partial charge in [0.25, 0.3) is 5.91 Å². The van der Waals surface area contributed by atoms with E-state index in [1.165, 1.54) is 18.2 Å². The van der Waals surface area contributed by atoms with E-state index in [2.05, 4.69) is 31.5 Å². The highest BCUT2D eigenvalue weighted by atomic mass is 79.9. The summed E-state index contributed by atoms with van der Waals surface area (Å²) >= 11 is 3.41. The average Bonchev–Trinajstić information content (AvgIpc) is 2.55. The quantitative estimate of drug-likeness (QED) is 0.665. The van der Waals surface area contributed by atoms with Gasteiger partial charge >= 0.3 is 0 Å². The lowest BCUT2D eigenvalue weighted by Crippen LogP contribution is -2.13. The molecule has 0 unspecified atom stereocenters. The van der Waals surface area contributed by atoms with Crippen LogP contribution in [0.5, 0.6) is 0 Å². The first-order chi connectivity index (χ1) is 11.6. The van der Waals surface area contributed by atoms with Crippen molar-refractivity contribution in [3.8, 4) is 0 Å². The molecule has 0 spiro atoms. The molecule has 1 amide bonds. The van der Waals surface area contributed by atoms with Crippen LogP contribution in [0.1, 0.15) is 10.5 Å². The van der Waals surface area contributed by atoms with Crippen LogP contribution in [0.3, 0.4) is 0 Å². The summed E-state index contributed by atoms with van der Waals surface area (Å²) in [6.07, 6.45) is 1.57. The molecule has 120 valence electrons. The van der Waals surface area contributed by atoms with E-state index in [-0.39, 0.29) is 5.69 Å². The molecule has 2 N–H and O–H groups in total. The number of rotatable bonds is 4. The van der Waals surface area contributed by atoms with Crippen molar-refractivity contribution in [3.05, 3.63) is 82.8 Å². The van der Waals surface area contributed by atoms with Gasteiger partial charge in [0.15, 0.2) is 0 Å². The molecule has 3 aromatic rings. The Morgan fingerprint density at radius 2 is 1.75 bits per heavy atom. The monoisotopic (exact) mass is 385 g/mol. The number of pyridine rings is 1. The zero-order valence-electron chi connectivity index (χ0n) is 12.5. The molecule has 3 rings (SSSR count). The van der Waals surface area contributed by atoms with Crippen LogP contribution in [-0.4, -0.2) is 10.9 Å². The van der Waals surface area contributed by atoms with Crippen LogP contribution in [0.4, 0.5) is 21.5 Å².